The van der Waals surface area contributed by atoms with Gasteiger partial charge in [-0.15, -0.1) is 22.7 Å². The molecule has 0 radical (unpaired) electrons. The molecule has 142 valence electrons. The number of halogens is 1. The fraction of sp³-hybridized carbons (Fsp3) is 0.150. The fourth-order valence-corrected chi connectivity index (χ4v) is 5.04. The van der Waals surface area contributed by atoms with Crippen molar-refractivity contribution in [1.29, 1.82) is 0 Å². The lowest BCUT2D eigenvalue weighted by molar-refractivity contribution is -0.120. The summed E-state index contributed by atoms with van der Waals surface area (Å²) in [6, 6.07) is 12.0. The number of nitrogens with one attached hydrogen (secondary N) is 1. The Hall–Kier alpha value is -2.29. The molecule has 0 aliphatic carbocycles. The number of nitrogens with zero attached hydrogens (tertiary/aromatic N) is 3. The van der Waals surface area contributed by atoms with Crippen LogP contribution < -0.4 is 5.32 Å². The number of rotatable bonds is 7. The maximum Gasteiger partial charge on any atom is 0.226 e. The zero-order chi connectivity index (χ0) is 19.3. The first-order valence-corrected chi connectivity index (χ1v) is 11.3. The SMILES string of the molecule is O=C(Cc1csc(-c2cc(Br)cs2)n1)NCCc1cnn(-c2ccccc2)c1. The minimum absolute atomic E-state index is 0.0142. The normalized spacial score (nSPS) is 10.9. The van der Waals surface area contributed by atoms with Crippen LogP contribution in [0, 0.1) is 0 Å². The van der Waals surface area contributed by atoms with Crippen LogP contribution in [0.15, 0.2) is 64.0 Å². The predicted molar refractivity (Wildman–Crippen MR) is 117 cm³/mol. The summed E-state index contributed by atoms with van der Waals surface area (Å²) >= 11 is 6.66. The lowest BCUT2D eigenvalue weighted by Gasteiger charge is -2.03. The van der Waals surface area contributed by atoms with Crippen LogP contribution >= 0.6 is 38.6 Å². The minimum Gasteiger partial charge on any atom is -0.355 e. The first-order chi connectivity index (χ1) is 13.7. The van der Waals surface area contributed by atoms with Crippen molar-refractivity contribution < 1.29 is 4.79 Å². The van der Waals surface area contributed by atoms with Crippen LogP contribution in [0.1, 0.15) is 11.3 Å². The van der Waals surface area contributed by atoms with Gasteiger partial charge in [-0.05, 0) is 46.1 Å². The van der Waals surface area contributed by atoms with Crippen LogP contribution in [0.3, 0.4) is 0 Å². The van der Waals surface area contributed by atoms with E-state index in [4.69, 9.17) is 0 Å². The third-order valence-corrected chi connectivity index (χ3v) is 6.82. The number of aromatic nitrogens is 3. The van der Waals surface area contributed by atoms with Crippen molar-refractivity contribution in [1.82, 2.24) is 20.1 Å². The van der Waals surface area contributed by atoms with E-state index < -0.39 is 0 Å². The molecule has 0 atom stereocenters. The Morgan fingerprint density at radius 1 is 1.18 bits per heavy atom. The number of amides is 1. The third kappa shape index (κ3) is 4.76. The van der Waals surface area contributed by atoms with E-state index in [1.54, 1.807) is 22.7 Å². The Balaban J connectivity index is 1.26. The van der Waals surface area contributed by atoms with Gasteiger partial charge in [-0.25, -0.2) is 9.67 Å². The molecule has 28 heavy (non-hydrogen) atoms. The Kier molecular flexibility index (Phi) is 5.99. The molecule has 0 aliphatic rings. The quantitative estimate of drug-likeness (QED) is 0.423. The molecule has 1 aromatic carbocycles. The number of benzene rings is 1. The number of para-hydroxylation sites is 1. The first-order valence-electron chi connectivity index (χ1n) is 8.72. The zero-order valence-corrected chi connectivity index (χ0v) is 18.1. The van der Waals surface area contributed by atoms with E-state index in [1.165, 1.54) is 0 Å². The Bertz CT molecular complexity index is 1070. The Labute approximate surface area is 179 Å². The predicted octanol–water partition coefficient (Wildman–Crippen LogP) is 4.72. The van der Waals surface area contributed by atoms with Crippen molar-refractivity contribution in [2.75, 3.05) is 6.54 Å². The van der Waals surface area contributed by atoms with Crippen molar-refractivity contribution in [3.63, 3.8) is 0 Å². The Morgan fingerprint density at radius 2 is 2.04 bits per heavy atom. The van der Waals surface area contributed by atoms with Gasteiger partial charge in [0, 0.05) is 28.0 Å². The second-order valence-electron chi connectivity index (χ2n) is 6.18. The van der Waals surface area contributed by atoms with E-state index in [9.17, 15) is 4.79 Å². The Morgan fingerprint density at radius 3 is 2.82 bits per heavy atom. The van der Waals surface area contributed by atoms with Gasteiger partial charge in [-0.3, -0.25) is 4.79 Å². The molecule has 8 heteroatoms. The third-order valence-electron chi connectivity index (χ3n) is 4.06. The molecule has 0 saturated heterocycles. The van der Waals surface area contributed by atoms with E-state index in [0.29, 0.717) is 13.0 Å². The molecule has 0 unspecified atom stereocenters. The zero-order valence-electron chi connectivity index (χ0n) is 14.8. The summed E-state index contributed by atoms with van der Waals surface area (Å²) in [6.07, 6.45) is 4.87. The molecule has 0 bridgehead atoms. The van der Waals surface area contributed by atoms with Crippen LogP contribution in [0.4, 0.5) is 0 Å². The molecule has 3 aromatic heterocycles. The van der Waals surface area contributed by atoms with Gasteiger partial charge < -0.3 is 5.32 Å². The molecule has 3 heterocycles. The molecule has 0 spiro atoms. The summed E-state index contributed by atoms with van der Waals surface area (Å²) in [5.41, 5.74) is 2.91. The van der Waals surface area contributed by atoms with Gasteiger partial charge in [0.25, 0.3) is 0 Å². The number of carbonyl (C=O) groups excluding carboxylic acids is 1. The highest BCUT2D eigenvalue weighted by atomic mass is 79.9. The second-order valence-corrected chi connectivity index (χ2v) is 8.86. The fourth-order valence-electron chi connectivity index (χ4n) is 2.71. The lowest BCUT2D eigenvalue weighted by Crippen LogP contribution is -2.27. The maximum atomic E-state index is 12.2. The van der Waals surface area contributed by atoms with Gasteiger partial charge in [-0.2, -0.15) is 5.10 Å². The molecule has 0 saturated carbocycles. The number of thiazole rings is 1. The lowest BCUT2D eigenvalue weighted by atomic mass is 10.2. The number of carbonyl (C=O) groups is 1. The molecular weight excluding hydrogens is 456 g/mol. The van der Waals surface area contributed by atoms with Gasteiger partial charge in [0.05, 0.1) is 28.9 Å². The van der Waals surface area contributed by atoms with Crippen LogP contribution in [0.25, 0.3) is 15.6 Å². The molecule has 0 aliphatic heterocycles. The topological polar surface area (TPSA) is 59.8 Å². The van der Waals surface area contributed by atoms with E-state index in [-0.39, 0.29) is 5.91 Å². The largest absolute Gasteiger partial charge is 0.355 e. The number of thiophene rings is 1. The summed E-state index contributed by atoms with van der Waals surface area (Å²) in [5, 5.41) is 12.3. The smallest absolute Gasteiger partial charge is 0.226 e. The van der Waals surface area contributed by atoms with Crippen LogP contribution in [-0.4, -0.2) is 27.2 Å². The standard InChI is InChI=1S/C20H17BrN4OS2/c21-15-8-18(27-12-15)20-24-16(13-28-20)9-19(26)22-7-6-14-10-23-25(11-14)17-4-2-1-3-5-17/h1-5,8,10-13H,6-7,9H2,(H,22,26). The molecule has 0 fully saturated rings. The number of hydrogen-bond donors (Lipinski definition) is 1. The minimum atomic E-state index is -0.0142. The summed E-state index contributed by atoms with van der Waals surface area (Å²) < 4.78 is 2.90. The van der Waals surface area contributed by atoms with Gasteiger partial charge in [0.2, 0.25) is 5.91 Å². The summed E-state index contributed by atoms with van der Waals surface area (Å²) in [7, 11) is 0. The molecule has 4 aromatic rings. The van der Waals surface area contributed by atoms with Crippen molar-refractivity contribution >= 4 is 44.5 Å². The highest BCUT2D eigenvalue weighted by molar-refractivity contribution is 9.10. The van der Waals surface area contributed by atoms with Crippen molar-refractivity contribution in [2.45, 2.75) is 12.8 Å². The highest BCUT2D eigenvalue weighted by Gasteiger charge is 2.10. The first kappa shape index (κ1) is 19.0. The van der Waals surface area contributed by atoms with E-state index in [2.05, 4.69) is 31.3 Å². The van der Waals surface area contributed by atoms with Gasteiger partial charge >= 0.3 is 0 Å². The average molecular weight is 473 g/mol. The summed E-state index contributed by atoms with van der Waals surface area (Å²) in [4.78, 5) is 17.9. The van der Waals surface area contributed by atoms with E-state index in [1.807, 2.05) is 64.2 Å². The van der Waals surface area contributed by atoms with Gasteiger partial charge in [0.15, 0.2) is 0 Å². The van der Waals surface area contributed by atoms with Crippen LogP contribution in [-0.2, 0) is 17.6 Å². The molecule has 4 rings (SSSR count). The highest BCUT2D eigenvalue weighted by Crippen LogP contribution is 2.32. The molecule has 5 nitrogen and oxygen atoms in total. The average Bonchev–Trinajstić information content (AvgIpc) is 3.44. The second kappa shape index (κ2) is 8.81. The summed E-state index contributed by atoms with van der Waals surface area (Å²) in [6.45, 7) is 0.578. The summed E-state index contributed by atoms with van der Waals surface area (Å²) in [5.74, 6) is -0.0142. The van der Waals surface area contributed by atoms with Gasteiger partial charge in [-0.1, -0.05) is 18.2 Å². The molecule has 1 amide bonds. The van der Waals surface area contributed by atoms with Gasteiger partial charge in [0.1, 0.15) is 5.01 Å². The molecular formula is C20H17BrN4OS2. The number of hydrogen-bond acceptors (Lipinski definition) is 5. The van der Waals surface area contributed by atoms with Crippen molar-refractivity contribution in [3.05, 3.63) is 75.3 Å². The maximum absolute atomic E-state index is 12.2. The van der Waals surface area contributed by atoms with Crippen LogP contribution in [0.5, 0.6) is 0 Å². The van der Waals surface area contributed by atoms with E-state index >= 15 is 0 Å². The monoisotopic (exact) mass is 472 g/mol. The van der Waals surface area contributed by atoms with Crippen molar-refractivity contribution in [2.24, 2.45) is 0 Å². The van der Waals surface area contributed by atoms with Crippen LogP contribution in [0.2, 0.25) is 0 Å². The van der Waals surface area contributed by atoms with Crippen molar-refractivity contribution in [3.8, 4) is 15.6 Å². The molecule has 1 N–H and O–H groups in total. The van der Waals surface area contributed by atoms with E-state index in [0.717, 1.165) is 37.7 Å².